The molecule has 14 heavy (non-hydrogen) atoms. The van der Waals surface area contributed by atoms with Crippen molar-refractivity contribution in [3.8, 4) is 0 Å². The highest BCUT2D eigenvalue weighted by molar-refractivity contribution is 5.72. The summed E-state index contributed by atoms with van der Waals surface area (Å²) in [6.07, 6.45) is 1.15. The second-order valence-electron chi connectivity index (χ2n) is 4.21. The molecule has 2 rings (SSSR count). The van der Waals surface area contributed by atoms with Gasteiger partial charge in [-0.3, -0.25) is 0 Å². The molecule has 1 aromatic carbocycles. The highest BCUT2D eigenvalue weighted by atomic mass is 15.0. The van der Waals surface area contributed by atoms with Crippen LogP contribution in [0.3, 0.4) is 0 Å². The number of hydrogen-bond donors (Lipinski definition) is 2. The Morgan fingerprint density at radius 1 is 1.43 bits per heavy atom. The van der Waals surface area contributed by atoms with Crippen LogP contribution in [0.1, 0.15) is 37.3 Å². The molecule has 76 valence electrons. The van der Waals surface area contributed by atoms with Crippen molar-refractivity contribution in [3.63, 3.8) is 0 Å². The monoisotopic (exact) mass is 190 g/mol. The largest absolute Gasteiger partial charge is 0.398 e. The van der Waals surface area contributed by atoms with E-state index in [1.165, 1.54) is 16.8 Å². The van der Waals surface area contributed by atoms with Gasteiger partial charge in [0.2, 0.25) is 0 Å². The lowest BCUT2D eigenvalue weighted by atomic mass is 9.91. The lowest BCUT2D eigenvalue weighted by Crippen LogP contribution is -2.15. The molecule has 2 unspecified atom stereocenters. The van der Waals surface area contributed by atoms with E-state index in [9.17, 15) is 0 Å². The van der Waals surface area contributed by atoms with Gasteiger partial charge >= 0.3 is 0 Å². The first-order chi connectivity index (χ1) is 6.65. The number of aryl methyl sites for hydroxylation is 1. The van der Waals surface area contributed by atoms with Gasteiger partial charge < -0.3 is 11.1 Å². The van der Waals surface area contributed by atoms with E-state index >= 15 is 0 Å². The van der Waals surface area contributed by atoms with Crippen molar-refractivity contribution in [3.05, 3.63) is 23.3 Å². The maximum Gasteiger partial charge on any atom is 0.0429 e. The Hall–Kier alpha value is -1.18. The summed E-state index contributed by atoms with van der Waals surface area (Å²) >= 11 is 0. The molecule has 0 fully saturated rings. The second-order valence-corrected chi connectivity index (χ2v) is 4.21. The molecule has 0 saturated heterocycles. The Kier molecular flexibility index (Phi) is 2.14. The zero-order chi connectivity index (χ0) is 10.3. The molecule has 1 heterocycles. The first kappa shape index (κ1) is 9.38. The van der Waals surface area contributed by atoms with E-state index in [2.05, 4.69) is 32.2 Å². The van der Waals surface area contributed by atoms with Gasteiger partial charge in [-0.2, -0.15) is 0 Å². The highest BCUT2D eigenvalue weighted by Crippen LogP contribution is 2.42. The summed E-state index contributed by atoms with van der Waals surface area (Å²) in [6, 6.07) is 4.63. The number of nitrogen functional groups attached to an aromatic ring is 1. The van der Waals surface area contributed by atoms with Crippen LogP contribution in [0.5, 0.6) is 0 Å². The summed E-state index contributed by atoms with van der Waals surface area (Å²) in [7, 11) is 0. The smallest absolute Gasteiger partial charge is 0.0429 e. The number of hydrogen-bond acceptors (Lipinski definition) is 2. The first-order valence-electron chi connectivity index (χ1n) is 5.30. The van der Waals surface area contributed by atoms with Gasteiger partial charge in [0, 0.05) is 28.9 Å². The second kappa shape index (κ2) is 3.19. The fourth-order valence-electron chi connectivity index (χ4n) is 2.47. The minimum atomic E-state index is 0.512. The number of nitrogens with two attached hydrogens (primary N) is 1. The third kappa shape index (κ3) is 1.17. The molecule has 0 aliphatic carbocycles. The van der Waals surface area contributed by atoms with Crippen molar-refractivity contribution in [1.29, 1.82) is 0 Å². The van der Waals surface area contributed by atoms with Gasteiger partial charge in [-0.05, 0) is 31.9 Å². The van der Waals surface area contributed by atoms with Crippen LogP contribution in [0.15, 0.2) is 12.1 Å². The van der Waals surface area contributed by atoms with E-state index in [1.54, 1.807) is 0 Å². The predicted octanol–water partition coefficient (Wildman–Crippen LogP) is 2.88. The average Bonchev–Trinajstić information content (AvgIpc) is 2.50. The minimum Gasteiger partial charge on any atom is -0.398 e. The molecule has 3 N–H and O–H groups in total. The van der Waals surface area contributed by atoms with Crippen LogP contribution < -0.4 is 11.1 Å². The SMILES string of the molecule is CCC1c2c(N)ccc(C)c2NC1C. The van der Waals surface area contributed by atoms with Crippen LogP contribution in [0, 0.1) is 6.92 Å². The Labute approximate surface area is 85.5 Å². The third-order valence-corrected chi connectivity index (χ3v) is 3.27. The molecule has 0 spiro atoms. The van der Waals surface area contributed by atoms with Gasteiger partial charge in [0.1, 0.15) is 0 Å². The topological polar surface area (TPSA) is 38.0 Å². The molecule has 2 heteroatoms. The Morgan fingerprint density at radius 3 is 2.79 bits per heavy atom. The van der Waals surface area contributed by atoms with Crippen molar-refractivity contribution >= 4 is 11.4 Å². The quantitative estimate of drug-likeness (QED) is 0.668. The minimum absolute atomic E-state index is 0.512. The van der Waals surface area contributed by atoms with Gasteiger partial charge in [0.15, 0.2) is 0 Å². The van der Waals surface area contributed by atoms with E-state index in [1.807, 2.05) is 6.07 Å². The molecule has 0 amide bonds. The summed E-state index contributed by atoms with van der Waals surface area (Å²) < 4.78 is 0. The summed E-state index contributed by atoms with van der Waals surface area (Å²) in [6.45, 7) is 6.59. The molecule has 0 aromatic heterocycles. The van der Waals surface area contributed by atoms with Gasteiger partial charge in [-0.15, -0.1) is 0 Å². The molecule has 1 aromatic rings. The van der Waals surface area contributed by atoms with Gasteiger partial charge in [-0.25, -0.2) is 0 Å². The van der Waals surface area contributed by atoms with E-state index in [4.69, 9.17) is 5.73 Å². The molecule has 0 radical (unpaired) electrons. The molecule has 2 atom stereocenters. The summed E-state index contributed by atoms with van der Waals surface area (Å²) in [5.41, 5.74) is 10.9. The molecule has 1 aliphatic heterocycles. The lowest BCUT2D eigenvalue weighted by Gasteiger charge is -2.14. The number of nitrogens with one attached hydrogen (secondary N) is 1. The van der Waals surface area contributed by atoms with Crippen molar-refractivity contribution in [1.82, 2.24) is 0 Å². The number of rotatable bonds is 1. The van der Waals surface area contributed by atoms with E-state index < -0.39 is 0 Å². The maximum absolute atomic E-state index is 6.03. The fourth-order valence-corrected chi connectivity index (χ4v) is 2.47. The molecular weight excluding hydrogens is 172 g/mol. The Morgan fingerprint density at radius 2 is 2.14 bits per heavy atom. The van der Waals surface area contributed by atoms with Crippen LogP contribution in [-0.2, 0) is 0 Å². The normalized spacial score (nSPS) is 24.5. The molecular formula is C12H18N2. The van der Waals surface area contributed by atoms with Gasteiger partial charge in [0.25, 0.3) is 0 Å². The summed E-state index contributed by atoms with van der Waals surface area (Å²) in [5.74, 6) is 0.574. The van der Waals surface area contributed by atoms with Crippen molar-refractivity contribution in [2.45, 2.75) is 39.2 Å². The summed E-state index contributed by atoms with van der Waals surface area (Å²) in [4.78, 5) is 0. The Balaban J connectivity index is 2.57. The van der Waals surface area contributed by atoms with Crippen LogP contribution in [-0.4, -0.2) is 6.04 Å². The molecule has 0 bridgehead atoms. The van der Waals surface area contributed by atoms with E-state index in [0.29, 0.717) is 12.0 Å². The van der Waals surface area contributed by atoms with Crippen LogP contribution >= 0.6 is 0 Å². The first-order valence-corrected chi connectivity index (χ1v) is 5.30. The Bertz CT molecular complexity index is 358. The zero-order valence-electron chi connectivity index (χ0n) is 9.09. The number of anilines is 2. The molecule has 0 saturated carbocycles. The standard InChI is InChI=1S/C12H18N2/c1-4-9-8(3)14-12-7(2)5-6-10(13)11(9)12/h5-6,8-9,14H,4,13H2,1-3H3. The highest BCUT2D eigenvalue weighted by Gasteiger charge is 2.30. The van der Waals surface area contributed by atoms with Gasteiger partial charge in [-0.1, -0.05) is 13.0 Å². The zero-order valence-corrected chi connectivity index (χ0v) is 9.09. The van der Waals surface area contributed by atoms with E-state index in [0.717, 1.165) is 12.1 Å². The molecule has 1 aliphatic rings. The lowest BCUT2D eigenvalue weighted by molar-refractivity contribution is 0.615. The van der Waals surface area contributed by atoms with Crippen LogP contribution in [0.2, 0.25) is 0 Å². The van der Waals surface area contributed by atoms with Gasteiger partial charge in [0.05, 0.1) is 0 Å². The van der Waals surface area contributed by atoms with Crippen LogP contribution in [0.4, 0.5) is 11.4 Å². The van der Waals surface area contributed by atoms with Crippen molar-refractivity contribution in [2.75, 3.05) is 11.1 Å². The van der Waals surface area contributed by atoms with Crippen molar-refractivity contribution in [2.24, 2.45) is 0 Å². The maximum atomic E-state index is 6.03. The van der Waals surface area contributed by atoms with E-state index in [-0.39, 0.29) is 0 Å². The van der Waals surface area contributed by atoms with Crippen LogP contribution in [0.25, 0.3) is 0 Å². The molecule has 2 nitrogen and oxygen atoms in total. The fraction of sp³-hybridized carbons (Fsp3) is 0.500. The third-order valence-electron chi connectivity index (χ3n) is 3.27. The number of benzene rings is 1. The van der Waals surface area contributed by atoms with Crippen molar-refractivity contribution < 1.29 is 0 Å². The number of fused-ring (bicyclic) bond motifs is 1. The predicted molar refractivity (Wildman–Crippen MR) is 61.7 cm³/mol. The average molecular weight is 190 g/mol. The summed E-state index contributed by atoms with van der Waals surface area (Å²) in [5, 5.41) is 3.53.